The summed E-state index contributed by atoms with van der Waals surface area (Å²) in [6, 6.07) is 2.92. The van der Waals surface area contributed by atoms with Crippen molar-refractivity contribution in [2.45, 2.75) is 24.3 Å². The Labute approximate surface area is 106 Å². The largest absolute Gasteiger partial charge is 0.383 e. The molecular formula is C10H15ClN2O3S. The van der Waals surface area contributed by atoms with E-state index in [1.165, 1.54) is 25.4 Å². The number of nitrogens with zero attached hydrogens (tertiary/aromatic N) is 1. The number of rotatable bonds is 5. The minimum Gasteiger partial charge on any atom is -0.383 e. The fraction of sp³-hybridized carbons (Fsp3) is 0.500. The van der Waals surface area contributed by atoms with Gasteiger partial charge in [0, 0.05) is 13.3 Å². The van der Waals surface area contributed by atoms with Crippen LogP contribution in [-0.2, 0) is 14.8 Å². The summed E-state index contributed by atoms with van der Waals surface area (Å²) in [7, 11) is -2.19. The Balaban J connectivity index is 3.02. The molecule has 1 rings (SSSR count). The molecule has 0 radical (unpaired) electrons. The first-order valence-electron chi connectivity index (χ1n) is 4.92. The first-order chi connectivity index (χ1) is 7.78. The Morgan fingerprint density at radius 1 is 1.53 bits per heavy atom. The van der Waals surface area contributed by atoms with Crippen LogP contribution in [0.3, 0.4) is 0 Å². The summed E-state index contributed by atoms with van der Waals surface area (Å²) in [6.45, 7) is 3.70. The van der Waals surface area contributed by atoms with Crippen LogP contribution in [0.5, 0.6) is 0 Å². The molecule has 0 saturated carbocycles. The number of hydrogen-bond donors (Lipinski definition) is 1. The van der Waals surface area contributed by atoms with E-state index in [0.29, 0.717) is 0 Å². The second-order valence-electron chi connectivity index (χ2n) is 4.21. The maximum atomic E-state index is 12.1. The molecule has 0 aliphatic heterocycles. The molecule has 0 bridgehead atoms. The molecule has 1 N–H and O–H groups in total. The van der Waals surface area contributed by atoms with Crippen LogP contribution in [0.1, 0.15) is 13.8 Å². The highest BCUT2D eigenvalue weighted by Crippen LogP contribution is 2.19. The highest BCUT2D eigenvalue weighted by molar-refractivity contribution is 7.89. The predicted octanol–water partition coefficient (Wildman–Crippen LogP) is 1.44. The minimum atomic E-state index is -3.70. The van der Waals surface area contributed by atoms with E-state index in [-0.39, 0.29) is 16.7 Å². The maximum Gasteiger partial charge on any atom is 0.244 e. The first kappa shape index (κ1) is 14.4. The van der Waals surface area contributed by atoms with Gasteiger partial charge in [0.2, 0.25) is 10.0 Å². The number of ether oxygens (including phenoxy) is 1. The smallest absolute Gasteiger partial charge is 0.244 e. The number of pyridine rings is 1. The molecule has 0 saturated heterocycles. The monoisotopic (exact) mass is 278 g/mol. The van der Waals surface area contributed by atoms with E-state index in [2.05, 4.69) is 9.71 Å². The number of sulfonamides is 1. The van der Waals surface area contributed by atoms with Crippen LogP contribution >= 0.6 is 11.6 Å². The highest BCUT2D eigenvalue weighted by atomic mass is 35.5. The fourth-order valence-corrected chi connectivity index (χ4v) is 3.23. The fourth-order valence-electron chi connectivity index (χ4n) is 1.38. The molecule has 0 fully saturated rings. The molecule has 5 nitrogen and oxygen atoms in total. The second-order valence-corrected chi connectivity index (χ2v) is 6.22. The van der Waals surface area contributed by atoms with Crippen molar-refractivity contribution in [3.05, 3.63) is 23.5 Å². The van der Waals surface area contributed by atoms with E-state index in [4.69, 9.17) is 16.3 Å². The van der Waals surface area contributed by atoms with Gasteiger partial charge in [0.1, 0.15) is 10.0 Å². The third kappa shape index (κ3) is 3.92. The van der Waals surface area contributed by atoms with Crippen LogP contribution < -0.4 is 4.72 Å². The Morgan fingerprint density at radius 3 is 2.71 bits per heavy atom. The van der Waals surface area contributed by atoms with Crippen LogP contribution in [0, 0.1) is 0 Å². The van der Waals surface area contributed by atoms with Gasteiger partial charge in [0.15, 0.2) is 0 Å². The average molecular weight is 279 g/mol. The number of aromatic nitrogens is 1. The summed E-state index contributed by atoms with van der Waals surface area (Å²) in [5.74, 6) is 0. The number of nitrogens with one attached hydrogen (secondary N) is 1. The molecule has 0 aliphatic rings. The van der Waals surface area contributed by atoms with E-state index >= 15 is 0 Å². The van der Waals surface area contributed by atoms with Crippen molar-refractivity contribution >= 4 is 21.6 Å². The highest BCUT2D eigenvalue weighted by Gasteiger charge is 2.27. The Hall–Kier alpha value is -0.690. The third-order valence-electron chi connectivity index (χ3n) is 1.93. The Bertz CT molecular complexity index is 488. The lowest BCUT2D eigenvalue weighted by Gasteiger charge is -2.24. The molecule has 17 heavy (non-hydrogen) atoms. The molecule has 1 heterocycles. The summed E-state index contributed by atoms with van der Waals surface area (Å²) in [5, 5.41) is -0.0479. The minimum absolute atomic E-state index is 0.0363. The Morgan fingerprint density at radius 2 is 2.18 bits per heavy atom. The molecule has 0 aromatic carbocycles. The van der Waals surface area contributed by atoms with Crippen LogP contribution in [0.25, 0.3) is 0 Å². The molecule has 0 atom stereocenters. The van der Waals surface area contributed by atoms with Gasteiger partial charge in [-0.2, -0.15) is 0 Å². The van der Waals surface area contributed by atoms with Crippen molar-refractivity contribution in [2.75, 3.05) is 13.7 Å². The quantitative estimate of drug-likeness (QED) is 0.828. The van der Waals surface area contributed by atoms with Gasteiger partial charge < -0.3 is 4.74 Å². The molecule has 0 unspecified atom stereocenters. The van der Waals surface area contributed by atoms with Crippen molar-refractivity contribution in [3.8, 4) is 0 Å². The molecule has 0 aliphatic carbocycles. The van der Waals surface area contributed by atoms with Crippen molar-refractivity contribution in [2.24, 2.45) is 0 Å². The van der Waals surface area contributed by atoms with Crippen molar-refractivity contribution in [1.82, 2.24) is 9.71 Å². The van der Waals surface area contributed by atoms with E-state index in [1.54, 1.807) is 13.8 Å². The summed E-state index contributed by atoms with van der Waals surface area (Å²) in [6.07, 6.45) is 1.43. The number of methoxy groups -OCH3 is 1. The van der Waals surface area contributed by atoms with Crippen molar-refractivity contribution in [1.29, 1.82) is 0 Å². The van der Waals surface area contributed by atoms with Crippen molar-refractivity contribution in [3.63, 3.8) is 0 Å². The molecule has 0 amide bonds. The van der Waals surface area contributed by atoms with E-state index in [0.717, 1.165) is 0 Å². The number of halogens is 1. The predicted molar refractivity (Wildman–Crippen MR) is 65.5 cm³/mol. The zero-order valence-electron chi connectivity index (χ0n) is 9.90. The SMILES string of the molecule is COCC(C)(C)NS(=O)(=O)c1cccnc1Cl. The maximum absolute atomic E-state index is 12.1. The topological polar surface area (TPSA) is 68.3 Å². The molecule has 1 aromatic rings. The van der Waals surface area contributed by atoms with Gasteiger partial charge in [-0.05, 0) is 26.0 Å². The van der Waals surface area contributed by atoms with Gasteiger partial charge in [-0.25, -0.2) is 18.1 Å². The van der Waals surface area contributed by atoms with Gasteiger partial charge in [0.25, 0.3) is 0 Å². The van der Waals surface area contributed by atoms with Gasteiger partial charge in [-0.1, -0.05) is 11.6 Å². The van der Waals surface area contributed by atoms with Crippen LogP contribution in [0.2, 0.25) is 5.15 Å². The molecule has 96 valence electrons. The summed E-state index contributed by atoms with van der Waals surface area (Å²) in [4.78, 5) is 3.70. The lowest BCUT2D eigenvalue weighted by molar-refractivity contribution is 0.141. The normalized spacial score (nSPS) is 12.7. The second kappa shape index (κ2) is 5.30. The van der Waals surface area contributed by atoms with Gasteiger partial charge in [-0.15, -0.1) is 0 Å². The van der Waals surface area contributed by atoms with E-state index < -0.39 is 15.6 Å². The summed E-state index contributed by atoms with van der Waals surface area (Å²) in [5.41, 5.74) is -0.716. The number of hydrogen-bond acceptors (Lipinski definition) is 4. The summed E-state index contributed by atoms with van der Waals surface area (Å²) >= 11 is 5.75. The van der Waals surface area contributed by atoms with Gasteiger partial charge in [-0.3, -0.25) is 0 Å². The van der Waals surface area contributed by atoms with Crippen molar-refractivity contribution < 1.29 is 13.2 Å². The lowest BCUT2D eigenvalue weighted by atomic mass is 10.1. The van der Waals surface area contributed by atoms with Gasteiger partial charge >= 0.3 is 0 Å². The molecular weight excluding hydrogens is 264 g/mol. The average Bonchev–Trinajstić information content (AvgIpc) is 2.15. The third-order valence-corrected chi connectivity index (χ3v) is 4.07. The Kier molecular flexibility index (Phi) is 4.48. The zero-order valence-corrected chi connectivity index (χ0v) is 11.5. The van der Waals surface area contributed by atoms with E-state index in [1.807, 2.05) is 0 Å². The molecule has 0 spiro atoms. The van der Waals surface area contributed by atoms with Crippen LogP contribution in [0.15, 0.2) is 23.2 Å². The molecule has 7 heteroatoms. The summed E-state index contributed by atoms with van der Waals surface area (Å²) < 4.78 is 31.6. The standard InChI is InChI=1S/C10H15ClN2O3S/c1-10(2,7-16-3)13-17(14,15)8-5-4-6-12-9(8)11/h4-6,13H,7H2,1-3H3. The molecule has 1 aromatic heterocycles. The van der Waals surface area contributed by atoms with E-state index in [9.17, 15) is 8.42 Å². The zero-order chi connectivity index (χ0) is 13.1. The van der Waals surface area contributed by atoms with Crippen LogP contribution in [-0.4, -0.2) is 32.7 Å². The first-order valence-corrected chi connectivity index (χ1v) is 6.78. The van der Waals surface area contributed by atoms with Crippen LogP contribution in [0.4, 0.5) is 0 Å². The lowest BCUT2D eigenvalue weighted by Crippen LogP contribution is -2.46. The van der Waals surface area contributed by atoms with Gasteiger partial charge in [0.05, 0.1) is 12.1 Å².